The van der Waals surface area contributed by atoms with Crippen molar-refractivity contribution in [2.24, 2.45) is 17.8 Å². The molecule has 4 aliphatic rings. The Hall–Kier alpha value is -2.08. The van der Waals surface area contributed by atoms with Crippen molar-refractivity contribution in [1.29, 1.82) is 0 Å². The highest BCUT2D eigenvalue weighted by molar-refractivity contribution is 5.95. The molecule has 0 unspecified atom stereocenters. The number of nitrogens with one attached hydrogen (secondary N) is 1. The summed E-state index contributed by atoms with van der Waals surface area (Å²) in [5, 5.41) is 3.37. The zero-order valence-corrected chi connectivity index (χ0v) is 18.2. The number of carbonyl (C=O) groups is 2. The Labute approximate surface area is 178 Å². The zero-order chi connectivity index (χ0) is 20.9. The molecule has 2 amide bonds. The molecule has 0 aromatic heterocycles. The number of rotatable bonds is 4. The number of carbonyl (C=O) groups excluding carboxylic acids is 2. The minimum absolute atomic E-state index is 0.102. The molecular weight excluding hydrogens is 378 g/mol. The summed E-state index contributed by atoms with van der Waals surface area (Å²) in [5.74, 6) is 2.40. The Morgan fingerprint density at radius 3 is 2.87 bits per heavy atom. The lowest BCUT2D eigenvalue weighted by Gasteiger charge is -2.43. The van der Waals surface area contributed by atoms with E-state index in [0.29, 0.717) is 31.5 Å². The van der Waals surface area contributed by atoms with E-state index in [-0.39, 0.29) is 23.3 Å². The van der Waals surface area contributed by atoms with E-state index in [0.717, 1.165) is 55.8 Å². The van der Waals surface area contributed by atoms with Gasteiger partial charge in [-0.1, -0.05) is 20.3 Å². The van der Waals surface area contributed by atoms with Gasteiger partial charge in [-0.3, -0.25) is 9.59 Å². The standard InChI is InChI=1S/C24H33N3O3/c1-3-16(2)13-26-14-19-20(15-26)24(25-22(19)28)7-9-27(10-8-24)23(29)18-4-5-21-17(12-18)6-11-30-21/h4-5,12,16,19-20H,3,6-11,13-15H2,1-2H3,(H,25,28)/t16-,19-,20+/m1/s1. The maximum atomic E-state index is 13.1. The van der Waals surface area contributed by atoms with E-state index in [4.69, 9.17) is 4.74 Å². The van der Waals surface area contributed by atoms with Crippen molar-refractivity contribution in [3.63, 3.8) is 0 Å². The van der Waals surface area contributed by atoms with Gasteiger partial charge in [-0.2, -0.15) is 0 Å². The largest absolute Gasteiger partial charge is 0.493 e. The van der Waals surface area contributed by atoms with Crippen LogP contribution in [-0.2, 0) is 11.2 Å². The highest BCUT2D eigenvalue weighted by Crippen LogP contribution is 2.44. The predicted molar refractivity (Wildman–Crippen MR) is 115 cm³/mol. The molecule has 1 N–H and O–H groups in total. The van der Waals surface area contributed by atoms with Crippen molar-refractivity contribution in [2.75, 3.05) is 39.3 Å². The fraction of sp³-hybridized carbons (Fsp3) is 0.667. The second kappa shape index (κ2) is 7.56. The van der Waals surface area contributed by atoms with Crippen molar-refractivity contribution in [3.05, 3.63) is 29.3 Å². The first-order valence-corrected chi connectivity index (χ1v) is 11.6. The summed E-state index contributed by atoms with van der Waals surface area (Å²) in [6.07, 6.45) is 3.77. The number of hydrogen-bond acceptors (Lipinski definition) is 4. The maximum Gasteiger partial charge on any atom is 0.253 e. The van der Waals surface area contributed by atoms with E-state index in [1.165, 1.54) is 6.42 Å². The first kappa shape index (κ1) is 19.9. The Bertz CT molecular complexity index is 846. The van der Waals surface area contributed by atoms with Crippen molar-refractivity contribution < 1.29 is 14.3 Å². The van der Waals surface area contributed by atoms with Crippen LogP contribution in [0.3, 0.4) is 0 Å². The van der Waals surface area contributed by atoms with E-state index in [2.05, 4.69) is 24.1 Å². The Kier molecular flexibility index (Phi) is 5.00. The van der Waals surface area contributed by atoms with Gasteiger partial charge >= 0.3 is 0 Å². The van der Waals surface area contributed by atoms with Crippen molar-refractivity contribution in [1.82, 2.24) is 15.1 Å². The molecule has 162 valence electrons. The lowest BCUT2D eigenvalue weighted by atomic mass is 9.75. The SMILES string of the molecule is CC[C@@H](C)CN1C[C@H]2C(=O)NC3(CCN(C(=O)c4ccc5c(c4)CCO5)CC3)[C@H]2C1. The van der Waals surface area contributed by atoms with Crippen LogP contribution in [0.25, 0.3) is 0 Å². The first-order valence-electron chi connectivity index (χ1n) is 11.6. The number of ether oxygens (including phenoxy) is 1. The third-order valence-corrected chi connectivity index (χ3v) is 7.96. The van der Waals surface area contributed by atoms with Crippen LogP contribution in [0.4, 0.5) is 0 Å². The molecule has 6 nitrogen and oxygen atoms in total. The van der Waals surface area contributed by atoms with Crippen LogP contribution >= 0.6 is 0 Å². The lowest BCUT2D eigenvalue weighted by Crippen LogP contribution is -2.56. The molecule has 0 bridgehead atoms. The van der Waals surface area contributed by atoms with Gasteiger partial charge in [0.25, 0.3) is 5.91 Å². The van der Waals surface area contributed by atoms with Crippen molar-refractivity contribution >= 4 is 11.8 Å². The van der Waals surface area contributed by atoms with E-state index in [1.54, 1.807) is 0 Å². The number of likely N-dealkylation sites (tertiary alicyclic amines) is 2. The molecule has 6 heteroatoms. The van der Waals surface area contributed by atoms with Crippen LogP contribution in [0.2, 0.25) is 0 Å². The van der Waals surface area contributed by atoms with Gasteiger partial charge in [0.05, 0.1) is 12.5 Å². The van der Waals surface area contributed by atoms with Crippen LogP contribution in [-0.4, -0.2) is 66.5 Å². The summed E-state index contributed by atoms with van der Waals surface area (Å²) in [6.45, 7) is 9.63. The van der Waals surface area contributed by atoms with Crippen LogP contribution in [0, 0.1) is 17.8 Å². The van der Waals surface area contributed by atoms with Crippen LogP contribution in [0.1, 0.15) is 49.0 Å². The highest BCUT2D eigenvalue weighted by atomic mass is 16.5. The molecule has 3 fully saturated rings. The predicted octanol–water partition coefficient (Wildman–Crippen LogP) is 2.32. The third kappa shape index (κ3) is 3.29. The van der Waals surface area contributed by atoms with Gasteiger partial charge in [0.15, 0.2) is 0 Å². The van der Waals surface area contributed by atoms with Gasteiger partial charge < -0.3 is 19.9 Å². The fourth-order valence-corrected chi connectivity index (χ4v) is 5.97. The van der Waals surface area contributed by atoms with Gasteiger partial charge in [0.1, 0.15) is 5.75 Å². The third-order valence-electron chi connectivity index (χ3n) is 7.96. The van der Waals surface area contributed by atoms with Crippen molar-refractivity contribution in [3.8, 4) is 5.75 Å². The maximum absolute atomic E-state index is 13.1. The van der Waals surface area contributed by atoms with Gasteiger partial charge in [-0.25, -0.2) is 0 Å². The molecule has 30 heavy (non-hydrogen) atoms. The van der Waals surface area contributed by atoms with Gasteiger partial charge in [-0.15, -0.1) is 0 Å². The van der Waals surface area contributed by atoms with Crippen LogP contribution in [0.5, 0.6) is 5.75 Å². The quantitative estimate of drug-likeness (QED) is 0.826. The first-order chi connectivity index (χ1) is 14.5. The molecule has 3 saturated heterocycles. The number of hydrogen-bond donors (Lipinski definition) is 1. The van der Waals surface area contributed by atoms with E-state index >= 15 is 0 Å². The summed E-state index contributed by atoms with van der Waals surface area (Å²) in [5.41, 5.74) is 1.76. The Balaban J connectivity index is 1.25. The van der Waals surface area contributed by atoms with E-state index in [9.17, 15) is 9.59 Å². The van der Waals surface area contributed by atoms with Crippen LogP contribution < -0.4 is 10.1 Å². The van der Waals surface area contributed by atoms with Gasteiger partial charge in [-0.05, 0) is 42.5 Å². The summed E-state index contributed by atoms with van der Waals surface area (Å²) in [4.78, 5) is 30.3. The lowest BCUT2D eigenvalue weighted by molar-refractivity contribution is -0.123. The van der Waals surface area contributed by atoms with E-state index < -0.39 is 0 Å². The van der Waals surface area contributed by atoms with Gasteiger partial charge in [0, 0.05) is 56.2 Å². The molecule has 0 radical (unpaired) electrons. The molecule has 0 saturated carbocycles. The Morgan fingerprint density at radius 1 is 1.30 bits per heavy atom. The second-order valence-corrected chi connectivity index (χ2v) is 9.80. The number of benzene rings is 1. The monoisotopic (exact) mass is 411 g/mol. The smallest absolute Gasteiger partial charge is 0.253 e. The Morgan fingerprint density at radius 2 is 2.10 bits per heavy atom. The molecule has 1 aromatic rings. The number of amides is 2. The average molecular weight is 412 g/mol. The number of fused-ring (bicyclic) bond motifs is 3. The molecule has 4 aliphatic heterocycles. The molecular formula is C24H33N3O3. The van der Waals surface area contributed by atoms with E-state index in [1.807, 2.05) is 23.1 Å². The summed E-state index contributed by atoms with van der Waals surface area (Å²) >= 11 is 0. The molecule has 1 aromatic carbocycles. The second-order valence-electron chi connectivity index (χ2n) is 9.80. The molecule has 0 aliphatic carbocycles. The molecule has 3 atom stereocenters. The van der Waals surface area contributed by atoms with Crippen LogP contribution in [0.15, 0.2) is 18.2 Å². The normalized spacial score (nSPS) is 28.2. The molecule has 1 spiro atoms. The fourth-order valence-electron chi connectivity index (χ4n) is 5.97. The minimum atomic E-state index is -0.130. The van der Waals surface area contributed by atoms with Crippen molar-refractivity contribution in [2.45, 2.75) is 45.1 Å². The minimum Gasteiger partial charge on any atom is -0.493 e. The number of piperidine rings is 1. The summed E-state index contributed by atoms with van der Waals surface area (Å²) < 4.78 is 5.56. The summed E-state index contributed by atoms with van der Waals surface area (Å²) in [7, 11) is 0. The van der Waals surface area contributed by atoms with Gasteiger partial charge in [0.2, 0.25) is 5.91 Å². The zero-order valence-electron chi connectivity index (χ0n) is 18.2. The highest BCUT2D eigenvalue weighted by Gasteiger charge is 2.57. The number of nitrogens with zero attached hydrogens (tertiary/aromatic N) is 2. The molecule has 5 rings (SSSR count). The summed E-state index contributed by atoms with van der Waals surface area (Å²) in [6, 6.07) is 5.80. The average Bonchev–Trinajstić information content (AvgIpc) is 3.45. The molecule has 4 heterocycles. The topological polar surface area (TPSA) is 61.9 Å².